The molecule has 2 atom stereocenters. The van der Waals surface area contributed by atoms with Crippen LogP contribution in [0.4, 0.5) is 0 Å². The SMILES string of the molecule is CN(CCC(C)(C#N)NC1CC1)CC1CCCOC1. The fourth-order valence-electron chi connectivity index (χ4n) is 2.74. The Morgan fingerprint density at radius 1 is 1.42 bits per heavy atom. The van der Waals surface area contributed by atoms with Crippen LogP contribution in [-0.2, 0) is 4.74 Å². The van der Waals surface area contributed by atoms with E-state index < -0.39 is 0 Å². The summed E-state index contributed by atoms with van der Waals surface area (Å²) < 4.78 is 5.52. The highest BCUT2D eigenvalue weighted by molar-refractivity contribution is 5.07. The molecule has 0 aromatic carbocycles. The van der Waals surface area contributed by atoms with Crippen LogP contribution >= 0.6 is 0 Å². The molecule has 4 nitrogen and oxygen atoms in total. The van der Waals surface area contributed by atoms with E-state index in [9.17, 15) is 5.26 Å². The van der Waals surface area contributed by atoms with Crippen LogP contribution in [0.3, 0.4) is 0 Å². The van der Waals surface area contributed by atoms with Gasteiger partial charge in [0, 0.05) is 25.7 Å². The van der Waals surface area contributed by atoms with Crippen molar-refractivity contribution in [3.8, 4) is 6.07 Å². The van der Waals surface area contributed by atoms with E-state index >= 15 is 0 Å². The Labute approximate surface area is 117 Å². The van der Waals surface area contributed by atoms with Crippen molar-refractivity contribution in [2.45, 2.75) is 50.6 Å². The number of rotatable bonds is 7. The van der Waals surface area contributed by atoms with Crippen molar-refractivity contribution in [2.24, 2.45) is 5.92 Å². The number of nitrogens with one attached hydrogen (secondary N) is 1. The first-order chi connectivity index (χ1) is 9.11. The van der Waals surface area contributed by atoms with Crippen LogP contribution in [0.2, 0.25) is 0 Å². The molecule has 1 heterocycles. The Bertz CT molecular complexity index is 318. The van der Waals surface area contributed by atoms with Gasteiger partial charge in [0.1, 0.15) is 5.54 Å². The molecule has 2 aliphatic rings. The van der Waals surface area contributed by atoms with E-state index in [4.69, 9.17) is 4.74 Å². The summed E-state index contributed by atoms with van der Waals surface area (Å²) >= 11 is 0. The molecule has 1 aliphatic heterocycles. The molecule has 0 radical (unpaired) electrons. The van der Waals surface area contributed by atoms with Gasteiger partial charge < -0.3 is 9.64 Å². The average Bonchev–Trinajstić information content (AvgIpc) is 3.21. The maximum atomic E-state index is 9.35. The smallest absolute Gasteiger partial charge is 0.105 e. The van der Waals surface area contributed by atoms with Crippen LogP contribution in [-0.4, -0.2) is 49.8 Å². The second kappa shape index (κ2) is 6.69. The first-order valence-electron chi connectivity index (χ1n) is 7.56. The first kappa shape index (κ1) is 14.8. The van der Waals surface area contributed by atoms with Gasteiger partial charge in [0.2, 0.25) is 0 Å². The van der Waals surface area contributed by atoms with Crippen molar-refractivity contribution in [3.05, 3.63) is 0 Å². The lowest BCUT2D eigenvalue weighted by atomic mass is 9.98. The molecule has 1 aliphatic carbocycles. The van der Waals surface area contributed by atoms with Gasteiger partial charge in [0.25, 0.3) is 0 Å². The van der Waals surface area contributed by atoms with Crippen LogP contribution in [0.25, 0.3) is 0 Å². The topological polar surface area (TPSA) is 48.3 Å². The van der Waals surface area contributed by atoms with Crippen molar-refractivity contribution in [1.29, 1.82) is 5.26 Å². The minimum absolute atomic E-state index is 0.363. The van der Waals surface area contributed by atoms with Crippen molar-refractivity contribution in [3.63, 3.8) is 0 Å². The average molecular weight is 265 g/mol. The lowest BCUT2D eigenvalue weighted by molar-refractivity contribution is 0.0414. The number of hydrogen-bond donors (Lipinski definition) is 1. The third-order valence-electron chi connectivity index (χ3n) is 4.16. The molecule has 0 aromatic heterocycles. The Hall–Kier alpha value is -0.630. The summed E-state index contributed by atoms with van der Waals surface area (Å²) in [6.07, 6.45) is 5.82. The third kappa shape index (κ3) is 5.10. The van der Waals surface area contributed by atoms with Gasteiger partial charge in [-0.15, -0.1) is 0 Å². The second-order valence-electron chi connectivity index (χ2n) is 6.46. The minimum atomic E-state index is -0.363. The largest absolute Gasteiger partial charge is 0.381 e. The Kier molecular flexibility index (Phi) is 5.20. The predicted molar refractivity (Wildman–Crippen MR) is 75.8 cm³/mol. The van der Waals surface area contributed by atoms with Crippen molar-refractivity contribution in [2.75, 3.05) is 33.4 Å². The van der Waals surface area contributed by atoms with E-state index in [1.807, 2.05) is 6.92 Å². The predicted octanol–water partition coefficient (Wildman–Crippen LogP) is 1.77. The summed E-state index contributed by atoms with van der Waals surface area (Å²) in [6.45, 7) is 5.92. The van der Waals surface area contributed by atoms with Gasteiger partial charge in [-0.05, 0) is 52.0 Å². The highest BCUT2D eigenvalue weighted by Gasteiger charge is 2.32. The molecule has 1 N–H and O–H groups in total. The van der Waals surface area contributed by atoms with E-state index in [1.54, 1.807) is 0 Å². The van der Waals surface area contributed by atoms with Gasteiger partial charge in [-0.1, -0.05) is 0 Å². The lowest BCUT2D eigenvalue weighted by Gasteiger charge is -2.30. The molecule has 0 spiro atoms. The summed E-state index contributed by atoms with van der Waals surface area (Å²) in [5.41, 5.74) is -0.363. The fourth-order valence-corrected chi connectivity index (χ4v) is 2.74. The highest BCUT2D eigenvalue weighted by Crippen LogP contribution is 2.24. The monoisotopic (exact) mass is 265 g/mol. The maximum Gasteiger partial charge on any atom is 0.105 e. The molecular formula is C15H27N3O. The molecule has 2 fully saturated rings. The van der Waals surface area contributed by atoms with Crippen LogP contribution in [0.15, 0.2) is 0 Å². The molecule has 1 saturated heterocycles. The Morgan fingerprint density at radius 3 is 2.79 bits per heavy atom. The van der Waals surface area contributed by atoms with Crippen molar-refractivity contribution in [1.82, 2.24) is 10.2 Å². The van der Waals surface area contributed by atoms with E-state index in [2.05, 4.69) is 23.3 Å². The minimum Gasteiger partial charge on any atom is -0.381 e. The number of nitrogens with zero attached hydrogens (tertiary/aromatic N) is 2. The fraction of sp³-hybridized carbons (Fsp3) is 0.933. The van der Waals surface area contributed by atoms with E-state index in [0.29, 0.717) is 12.0 Å². The van der Waals surface area contributed by atoms with Gasteiger partial charge >= 0.3 is 0 Å². The van der Waals surface area contributed by atoms with Gasteiger partial charge in [-0.3, -0.25) is 5.32 Å². The summed E-state index contributed by atoms with van der Waals surface area (Å²) in [6, 6.07) is 3.03. The van der Waals surface area contributed by atoms with Gasteiger partial charge in [-0.25, -0.2) is 0 Å². The van der Waals surface area contributed by atoms with Crippen molar-refractivity contribution >= 4 is 0 Å². The summed E-state index contributed by atoms with van der Waals surface area (Å²) in [5, 5.41) is 12.8. The molecule has 19 heavy (non-hydrogen) atoms. The van der Waals surface area contributed by atoms with E-state index in [0.717, 1.165) is 32.7 Å². The van der Waals surface area contributed by atoms with E-state index in [-0.39, 0.29) is 5.54 Å². The molecule has 0 amide bonds. The lowest BCUT2D eigenvalue weighted by Crippen LogP contribution is -2.45. The molecule has 4 heteroatoms. The van der Waals surface area contributed by atoms with E-state index in [1.165, 1.54) is 25.7 Å². The number of nitriles is 1. The normalized spacial score (nSPS) is 26.9. The molecule has 2 unspecified atom stereocenters. The molecule has 1 saturated carbocycles. The summed E-state index contributed by atoms with van der Waals surface area (Å²) in [4.78, 5) is 2.35. The first-order valence-corrected chi connectivity index (χ1v) is 7.56. The van der Waals surface area contributed by atoms with Crippen LogP contribution in [0.1, 0.15) is 39.0 Å². The zero-order valence-electron chi connectivity index (χ0n) is 12.3. The molecule has 0 bridgehead atoms. The standard InChI is InChI=1S/C15H27N3O/c1-15(12-16,17-14-5-6-14)7-8-18(2)10-13-4-3-9-19-11-13/h13-14,17H,3-11H2,1-2H3. The van der Waals surface area contributed by atoms with Crippen LogP contribution < -0.4 is 5.32 Å². The zero-order valence-corrected chi connectivity index (χ0v) is 12.3. The zero-order chi connectivity index (χ0) is 13.7. The Balaban J connectivity index is 1.68. The summed E-state index contributed by atoms with van der Waals surface area (Å²) in [5.74, 6) is 0.670. The molecule has 0 aromatic rings. The van der Waals surface area contributed by atoms with Gasteiger partial charge in [0.05, 0.1) is 12.7 Å². The molecule has 2 rings (SSSR count). The maximum absolute atomic E-state index is 9.35. The quantitative estimate of drug-likeness (QED) is 0.762. The van der Waals surface area contributed by atoms with Crippen LogP contribution in [0, 0.1) is 17.2 Å². The van der Waals surface area contributed by atoms with Gasteiger partial charge in [0.15, 0.2) is 0 Å². The highest BCUT2D eigenvalue weighted by atomic mass is 16.5. The third-order valence-corrected chi connectivity index (χ3v) is 4.16. The summed E-state index contributed by atoms with van der Waals surface area (Å²) in [7, 11) is 2.16. The number of ether oxygens (including phenoxy) is 1. The Morgan fingerprint density at radius 2 is 2.21 bits per heavy atom. The van der Waals surface area contributed by atoms with Gasteiger partial charge in [-0.2, -0.15) is 5.26 Å². The van der Waals surface area contributed by atoms with Crippen LogP contribution in [0.5, 0.6) is 0 Å². The van der Waals surface area contributed by atoms with Crippen molar-refractivity contribution < 1.29 is 4.74 Å². The molecular weight excluding hydrogens is 238 g/mol. The number of hydrogen-bond acceptors (Lipinski definition) is 4. The second-order valence-corrected chi connectivity index (χ2v) is 6.46. The molecule has 108 valence electrons.